The normalized spacial score (nSPS) is 12.0. The molecule has 0 radical (unpaired) electrons. The quantitative estimate of drug-likeness (QED) is 0.688. The molecular weight excluding hydrogens is 264 g/mol. The molecular formula is C17H28N2O2. The molecule has 0 aliphatic rings. The van der Waals surface area contributed by atoms with E-state index in [1.165, 1.54) is 5.56 Å². The summed E-state index contributed by atoms with van der Waals surface area (Å²) in [5.41, 5.74) is 7.86. The third-order valence-corrected chi connectivity index (χ3v) is 3.38. The molecule has 0 spiro atoms. The standard InChI is InChI=1S/C17H28N2O2/c1-4-5-6-11-19-17(20)14(3)21-16-8-7-13(2)12-15(16)9-10-18/h7-8,12,14H,4-6,9-11,18H2,1-3H3,(H,19,20). The van der Waals surface area contributed by atoms with E-state index in [1.807, 2.05) is 19.1 Å². The van der Waals surface area contributed by atoms with Gasteiger partial charge in [-0.05, 0) is 44.9 Å². The first-order valence-corrected chi connectivity index (χ1v) is 7.82. The lowest BCUT2D eigenvalue weighted by atomic mass is 10.1. The van der Waals surface area contributed by atoms with Crippen LogP contribution in [-0.2, 0) is 11.2 Å². The molecule has 1 aromatic carbocycles. The number of benzene rings is 1. The number of carbonyl (C=O) groups excluding carboxylic acids is 1. The van der Waals surface area contributed by atoms with Crippen LogP contribution in [0.4, 0.5) is 0 Å². The first-order valence-electron chi connectivity index (χ1n) is 7.82. The number of aryl methyl sites for hydroxylation is 1. The van der Waals surface area contributed by atoms with Crippen molar-refractivity contribution in [1.82, 2.24) is 5.32 Å². The Morgan fingerprint density at radius 1 is 1.38 bits per heavy atom. The third kappa shape index (κ3) is 6.17. The maximum atomic E-state index is 12.0. The van der Waals surface area contributed by atoms with E-state index in [-0.39, 0.29) is 5.91 Å². The highest BCUT2D eigenvalue weighted by atomic mass is 16.5. The van der Waals surface area contributed by atoms with Crippen LogP contribution in [0.5, 0.6) is 5.75 Å². The number of hydrogen-bond donors (Lipinski definition) is 2. The van der Waals surface area contributed by atoms with E-state index >= 15 is 0 Å². The molecule has 1 amide bonds. The smallest absolute Gasteiger partial charge is 0.260 e. The van der Waals surface area contributed by atoms with Crippen LogP contribution in [-0.4, -0.2) is 25.1 Å². The molecule has 0 heterocycles. The fourth-order valence-corrected chi connectivity index (χ4v) is 2.15. The summed E-state index contributed by atoms with van der Waals surface area (Å²) in [4.78, 5) is 12.0. The second-order valence-electron chi connectivity index (χ2n) is 5.41. The molecule has 1 aromatic rings. The van der Waals surface area contributed by atoms with Crippen molar-refractivity contribution in [3.05, 3.63) is 29.3 Å². The fraction of sp³-hybridized carbons (Fsp3) is 0.588. The minimum atomic E-state index is -0.495. The third-order valence-electron chi connectivity index (χ3n) is 3.38. The SMILES string of the molecule is CCCCCNC(=O)C(C)Oc1ccc(C)cc1CCN. The van der Waals surface area contributed by atoms with E-state index in [9.17, 15) is 4.79 Å². The molecule has 0 aliphatic heterocycles. The van der Waals surface area contributed by atoms with E-state index in [4.69, 9.17) is 10.5 Å². The molecule has 0 saturated heterocycles. The number of unbranched alkanes of at least 4 members (excludes halogenated alkanes) is 2. The minimum absolute atomic E-state index is 0.0645. The summed E-state index contributed by atoms with van der Waals surface area (Å²) >= 11 is 0. The van der Waals surface area contributed by atoms with Crippen LogP contribution in [0, 0.1) is 6.92 Å². The highest BCUT2D eigenvalue weighted by Gasteiger charge is 2.15. The lowest BCUT2D eigenvalue weighted by molar-refractivity contribution is -0.127. The number of carbonyl (C=O) groups is 1. The van der Waals surface area contributed by atoms with Gasteiger partial charge in [0.2, 0.25) is 0 Å². The van der Waals surface area contributed by atoms with Gasteiger partial charge in [0.25, 0.3) is 5.91 Å². The van der Waals surface area contributed by atoms with Crippen LogP contribution in [0.1, 0.15) is 44.2 Å². The monoisotopic (exact) mass is 292 g/mol. The Morgan fingerprint density at radius 2 is 2.14 bits per heavy atom. The maximum Gasteiger partial charge on any atom is 0.260 e. The second kappa shape index (κ2) is 9.40. The molecule has 1 rings (SSSR count). The average molecular weight is 292 g/mol. The zero-order valence-electron chi connectivity index (χ0n) is 13.4. The highest BCUT2D eigenvalue weighted by molar-refractivity contribution is 5.80. The molecule has 3 N–H and O–H groups in total. The number of nitrogens with two attached hydrogens (primary N) is 1. The van der Waals surface area contributed by atoms with Crippen molar-refractivity contribution in [3.8, 4) is 5.75 Å². The lowest BCUT2D eigenvalue weighted by Gasteiger charge is -2.17. The summed E-state index contributed by atoms with van der Waals surface area (Å²) in [5.74, 6) is 0.688. The van der Waals surface area contributed by atoms with Gasteiger partial charge in [0.15, 0.2) is 6.10 Å². The Morgan fingerprint density at radius 3 is 2.81 bits per heavy atom. The molecule has 118 valence electrons. The average Bonchev–Trinajstić information content (AvgIpc) is 2.46. The molecule has 0 fully saturated rings. The number of amides is 1. The predicted molar refractivity (Wildman–Crippen MR) is 86.6 cm³/mol. The Kier molecular flexibility index (Phi) is 7.83. The summed E-state index contributed by atoms with van der Waals surface area (Å²) < 4.78 is 5.80. The van der Waals surface area contributed by atoms with Gasteiger partial charge < -0.3 is 15.8 Å². The molecule has 21 heavy (non-hydrogen) atoms. The van der Waals surface area contributed by atoms with Crippen LogP contribution in [0.2, 0.25) is 0 Å². The first-order chi connectivity index (χ1) is 10.1. The van der Waals surface area contributed by atoms with Gasteiger partial charge in [0.1, 0.15) is 5.75 Å². The van der Waals surface area contributed by atoms with Gasteiger partial charge in [-0.15, -0.1) is 0 Å². The van der Waals surface area contributed by atoms with Crippen LogP contribution >= 0.6 is 0 Å². The van der Waals surface area contributed by atoms with Crippen molar-refractivity contribution in [3.63, 3.8) is 0 Å². The Labute approximate surface area is 128 Å². The first kappa shape index (κ1) is 17.5. The molecule has 0 saturated carbocycles. The number of rotatable bonds is 9. The summed E-state index contributed by atoms with van der Waals surface area (Å²) in [5, 5.41) is 2.91. The maximum absolute atomic E-state index is 12.0. The van der Waals surface area contributed by atoms with Gasteiger partial charge in [0, 0.05) is 6.54 Å². The van der Waals surface area contributed by atoms with E-state index in [1.54, 1.807) is 6.92 Å². The Hall–Kier alpha value is -1.55. The Bertz CT molecular complexity index is 446. The zero-order valence-corrected chi connectivity index (χ0v) is 13.4. The zero-order chi connectivity index (χ0) is 15.7. The van der Waals surface area contributed by atoms with E-state index in [0.29, 0.717) is 13.1 Å². The molecule has 4 heteroatoms. The van der Waals surface area contributed by atoms with Crippen LogP contribution in [0.15, 0.2) is 18.2 Å². The molecule has 0 aromatic heterocycles. The minimum Gasteiger partial charge on any atom is -0.481 e. The van der Waals surface area contributed by atoms with Crippen LogP contribution in [0.3, 0.4) is 0 Å². The van der Waals surface area contributed by atoms with Crippen LogP contribution < -0.4 is 15.8 Å². The second-order valence-corrected chi connectivity index (χ2v) is 5.41. The van der Waals surface area contributed by atoms with Crippen LogP contribution in [0.25, 0.3) is 0 Å². The summed E-state index contributed by atoms with van der Waals surface area (Å²) in [6.07, 6.45) is 3.55. The highest BCUT2D eigenvalue weighted by Crippen LogP contribution is 2.21. The fourth-order valence-electron chi connectivity index (χ4n) is 2.15. The van der Waals surface area contributed by atoms with Crippen molar-refractivity contribution in [1.29, 1.82) is 0 Å². The van der Waals surface area contributed by atoms with Crippen molar-refractivity contribution in [2.75, 3.05) is 13.1 Å². The largest absolute Gasteiger partial charge is 0.481 e. The van der Waals surface area contributed by atoms with Crippen molar-refractivity contribution in [2.24, 2.45) is 5.73 Å². The molecule has 1 atom stereocenters. The summed E-state index contributed by atoms with van der Waals surface area (Å²) in [7, 11) is 0. The number of ether oxygens (including phenoxy) is 1. The topological polar surface area (TPSA) is 64.3 Å². The van der Waals surface area contributed by atoms with E-state index < -0.39 is 6.10 Å². The van der Waals surface area contributed by atoms with Gasteiger partial charge in [-0.1, -0.05) is 37.5 Å². The van der Waals surface area contributed by atoms with Crippen molar-refractivity contribution >= 4 is 5.91 Å². The Balaban J connectivity index is 2.57. The lowest BCUT2D eigenvalue weighted by Crippen LogP contribution is -2.37. The number of nitrogens with one attached hydrogen (secondary N) is 1. The molecule has 1 unspecified atom stereocenters. The summed E-state index contributed by atoms with van der Waals surface area (Å²) in [6.45, 7) is 7.24. The molecule has 0 bridgehead atoms. The van der Waals surface area contributed by atoms with Gasteiger partial charge in [-0.25, -0.2) is 0 Å². The summed E-state index contributed by atoms with van der Waals surface area (Å²) in [6, 6.07) is 5.97. The van der Waals surface area contributed by atoms with E-state index in [0.717, 1.165) is 37.0 Å². The molecule has 0 aliphatic carbocycles. The number of hydrogen-bond acceptors (Lipinski definition) is 3. The van der Waals surface area contributed by atoms with Gasteiger partial charge in [-0.3, -0.25) is 4.79 Å². The van der Waals surface area contributed by atoms with E-state index in [2.05, 4.69) is 18.3 Å². The predicted octanol–water partition coefficient (Wildman–Crippen LogP) is 2.57. The van der Waals surface area contributed by atoms with Crippen molar-refractivity contribution in [2.45, 2.75) is 52.6 Å². The molecule has 4 nitrogen and oxygen atoms in total. The van der Waals surface area contributed by atoms with Gasteiger partial charge in [-0.2, -0.15) is 0 Å². The van der Waals surface area contributed by atoms with Crippen molar-refractivity contribution < 1.29 is 9.53 Å². The van der Waals surface area contributed by atoms with Gasteiger partial charge >= 0.3 is 0 Å². The van der Waals surface area contributed by atoms with Gasteiger partial charge in [0.05, 0.1) is 0 Å².